The molecule has 1 fully saturated rings. The van der Waals surface area contributed by atoms with Crippen LogP contribution in [-0.4, -0.2) is 68.4 Å². The van der Waals surface area contributed by atoms with E-state index in [-0.39, 0.29) is 0 Å². The van der Waals surface area contributed by atoms with Crippen LogP contribution in [0.5, 0.6) is 0 Å². The van der Waals surface area contributed by atoms with Gasteiger partial charge in [-0.15, -0.1) is 11.3 Å². The largest absolute Gasteiger partial charge is 0.416 e. The maximum atomic E-state index is 12.9. The fourth-order valence-corrected chi connectivity index (χ4v) is 4.58. The number of hydrogen-bond donors (Lipinski definition) is 1. The SMILES string of the molecule is CN(C)CCCNc1nc(N2CCOCC2)nc2cc(-c3ccc(C(F)(F)F)cc3)sc12. The lowest BCUT2D eigenvalue weighted by molar-refractivity contribution is -0.137. The van der Waals surface area contributed by atoms with Gasteiger partial charge in [-0.05, 0) is 50.8 Å². The lowest BCUT2D eigenvalue weighted by atomic mass is 10.1. The number of ether oxygens (including phenoxy) is 1. The molecule has 1 aliphatic heterocycles. The van der Waals surface area contributed by atoms with Crippen molar-refractivity contribution < 1.29 is 17.9 Å². The highest BCUT2D eigenvalue weighted by molar-refractivity contribution is 7.22. The Labute approximate surface area is 189 Å². The normalized spacial score (nSPS) is 15.0. The summed E-state index contributed by atoms with van der Waals surface area (Å²) in [5, 5.41) is 3.44. The van der Waals surface area contributed by atoms with Crippen LogP contribution in [0.4, 0.5) is 24.9 Å². The Morgan fingerprint density at radius 2 is 1.84 bits per heavy atom. The number of anilines is 2. The minimum Gasteiger partial charge on any atom is -0.378 e. The van der Waals surface area contributed by atoms with E-state index in [0.717, 1.165) is 71.2 Å². The van der Waals surface area contributed by atoms with Crippen molar-refractivity contribution in [2.75, 3.05) is 63.7 Å². The van der Waals surface area contributed by atoms with Crippen LogP contribution in [0.1, 0.15) is 12.0 Å². The average Bonchev–Trinajstić information content (AvgIpc) is 3.21. The Balaban J connectivity index is 1.66. The van der Waals surface area contributed by atoms with E-state index in [1.165, 1.54) is 23.5 Å². The number of aromatic nitrogens is 2. The van der Waals surface area contributed by atoms with Gasteiger partial charge in [0.1, 0.15) is 5.82 Å². The van der Waals surface area contributed by atoms with Gasteiger partial charge >= 0.3 is 6.18 Å². The number of thiophene rings is 1. The molecule has 4 rings (SSSR count). The second-order valence-corrected chi connectivity index (χ2v) is 9.01. The Morgan fingerprint density at radius 3 is 2.50 bits per heavy atom. The van der Waals surface area contributed by atoms with E-state index >= 15 is 0 Å². The number of halogens is 3. The average molecular weight is 466 g/mol. The van der Waals surface area contributed by atoms with Crippen molar-refractivity contribution in [3.8, 4) is 10.4 Å². The predicted molar refractivity (Wildman–Crippen MR) is 123 cm³/mol. The third-order valence-electron chi connectivity index (χ3n) is 5.23. The van der Waals surface area contributed by atoms with Crippen LogP contribution in [0.25, 0.3) is 20.7 Å². The quantitative estimate of drug-likeness (QED) is 0.516. The zero-order chi connectivity index (χ0) is 22.7. The molecule has 0 bridgehead atoms. The number of fused-ring (bicyclic) bond motifs is 1. The van der Waals surface area contributed by atoms with Gasteiger partial charge in [0.25, 0.3) is 0 Å². The Bertz CT molecular complexity index is 1050. The molecular weight excluding hydrogens is 439 g/mol. The molecule has 32 heavy (non-hydrogen) atoms. The summed E-state index contributed by atoms with van der Waals surface area (Å²) in [5.74, 6) is 1.41. The second kappa shape index (κ2) is 9.60. The van der Waals surface area contributed by atoms with Crippen molar-refractivity contribution in [3.63, 3.8) is 0 Å². The number of rotatable bonds is 7. The minimum atomic E-state index is -4.35. The summed E-state index contributed by atoms with van der Waals surface area (Å²) < 4.78 is 45.1. The molecule has 0 spiro atoms. The van der Waals surface area contributed by atoms with Crippen LogP contribution in [0.2, 0.25) is 0 Å². The first-order valence-electron chi connectivity index (χ1n) is 10.5. The van der Waals surface area contributed by atoms with E-state index in [1.54, 1.807) is 0 Å². The Kier molecular flexibility index (Phi) is 6.82. The zero-order valence-corrected chi connectivity index (χ0v) is 18.9. The highest BCUT2D eigenvalue weighted by atomic mass is 32.1. The summed E-state index contributed by atoms with van der Waals surface area (Å²) in [6.45, 7) is 4.43. The van der Waals surface area contributed by atoms with Crippen LogP contribution < -0.4 is 10.2 Å². The van der Waals surface area contributed by atoms with Gasteiger partial charge in [0.15, 0.2) is 0 Å². The number of nitrogens with one attached hydrogen (secondary N) is 1. The molecule has 3 heterocycles. The van der Waals surface area contributed by atoms with Crippen molar-refractivity contribution in [1.82, 2.24) is 14.9 Å². The topological polar surface area (TPSA) is 53.5 Å². The molecule has 3 aromatic rings. The molecule has 1 N–H and O–H groups in total. The molecule has 172 valence electrons. The van der Waals surface area contributed by atoms with Gasteiger partial charge in [0.05, 0.1) is 29.0 Å². The monoisotopic (exact) mass is 465 g/mol. The second-order valence-electron chi connectivity index (χ2n) is 7.96. The van der Waals surface area contributed by atoms with E-state index in [4.69, 9.17) is 14.7 Å². The Hall–Kier alpha value is -2.43. The maximum Gasteiger partial charge on any atom is 0.416 e. The van der Waals surface area contributed by atoms with Crippen LogP contribution >= 0.6 is 11.3 Å². The van der Waals surface area contributed by atoms with Crippen LogP contribution in [0.15, 0.2) is 30.3 Å². The van der Waals surface area contributed by atoms with Gasteiger partial charge in [-0.1, -0.05) is 12.1 Å². The van der Waals surface area contributed by atoms with E-state index in [0.29, 0.717) is 19.2 Å². The summed E-state index contributed by atoms with van der Waals surface area (Å²) >= 11 is 1.49. The van der Waals surface area contributed by atoms with Crippen LogP contribution in [-0.2, 0) is 10.9 Å². The zero-order valence-electron chi connectivity index (χ0n) is 18.1. The molecule has 6 nitrogen and oxygen atoms in total. The van der Waals surface area contributed by atoms with E-state index in [9.17, 15) is 13.2 Å². The molecule has 10 heteroatoms. The first kappa shape index (κ1) is 22.8. The number of hydrogen-bond acceptors (Lipinski definition) is 7. The van der Waals surface area contributed by atoms with E-state index in [1.807, 2.05) is 20.2 Å². The lowest BCUT2D eigenvalue weighted by Crippen LogP contribution is -2.37. The minimum absolute atomic E-state index is 0.632. The van der Waals surface area contributed by atoms with Gasteiger partial charge in [-0.2, -0.15) is 18.2 Å². The summed E-state index contributed by atoms with van der Waals surface area (Å²) in [4.78, 5) is 14.6. The Morgan fingerprint density at radius 1 is 1.12 bits per heavy atom. The third kappa shape index (κ3) is 5.31. The summed E-state index contributed by atoms with van der Waals surface area (Å²) in [5.41, 5.74) is 0.865. The highest BCUT2D eigenvalue weighted by Gasteiger charge is 2.30. The summed E-state index contributed by atoms with van der Waals surface area (Å²) in [6.07, 6.45) is -3.39. The molecule has 0 amide bonds. The van der Waals surface area contributed by atoms with Crippen LogP contribution in [0, 0.1) is 0 Å². The molecule has 0 unspecified atom stereocenters. The standard InChI is InChI=1S/C22H26F3N5OS/c1-29(2)9-3-8-26-20-19-17(27-21(28-20)30-10-12-31-13-11-30)14-18(32-19)15-4-6-16(7-5-15)22(23,24)25/h4-7,14H,3,8-13H2,1-2H3,(H,26,27,28). The van der Waals surface area contributed by atoms with Crippen LogP contribution in [0.3, 0.4) is 0 Å². The van der Waals surface area contributed by atoms with Gasteiger partial charge in [-0.25, -0.2) is 4.98 Å². The van der Waals surface area contributed by atoms with Crippen molar-refractivity contribution >= 4 is 33.3 Å². The van der Waals surface area contributed by atoms with Crippen molar-refractivity contribution in [1.29, 1.82) is 0 Å². The van der Waals surface area contributed by atoms with Gasteiger partial charge in [0.2, 0.25) is 5.95 Å². The molecule has 1 saturated heterocycles. The number of alkyl halides is 3. The molecule has 0 aliphatic carbocycles. The molecular formula is C22H26F3N5OS. The number of nitrogens with zero attached hydrogens (tertiary/aromatic N) is 4. The maximum absolute atomic E-state index is 12.9. The van der Waals surface area contributed by atoms with Crippen molar-refractivity contribution in [2.24, 2.45) is 0 Å². The van der Waals surface area contributed by atoms with E-state index < -0.39 is 11.7 Å². The smallest absolute Gasteiger partial charge is 0.378 e. The van der Waals surface area contributed by atoms with E-state index in [2.05, 4.69) is 15.1 Å². The molecule has 1 aromatic carbocycles. The lowest BCUT2D eigenvalue weighted by Gasteiger charge is -2.27. The number of morpholine rings is 1. The fourth-order valence-electron chi connectivity index (χ4n) is 3.51. The summed E-state index contributed by atoms with van der Waals surface area (Å²) in [6, 6.07) is 7.18. The van der Waals surface area contributed by atoms with Crippen molar-refractivity contribution in [2.45, 2.75) is 12.6 Å². The van der Waals surface area contributed by atoms with Gasteiger partial charge in [-0.3, -0.25) is 0 Å². The summed E-state index contributed by atoms with van der Waals surface area (Å²) in [7, 11) is 4.07. The predicted octanol–water partition coefficient (Wildman–Crippen LogP) is 4.58. The molecule has 0 atom stereocenters. The molecule has 1 aliphatic rings. The first-order chi connectivity index (χ1) is 15.3. The first-order valence-corrected chi connectivity index (χ1v) is 11.3. The van der Waals surface area contributed by atoms with Crippen molar-refractivity contribution in [3.05, 3.63) is 35.9 Å². The molecule has 0 radical (unpaired) electrons. The van der Waals surface area contributed by atoms with Gasteiger partial charge in [0, 0.05) is 24.5 Å². The number of benzene rings is 1. The van der Waals surface area contributed by atoms with Gasteiger partial charge < -0.3 is 19.9 Å². The fraction of sp³-hybridized carbons (Fsp3) is 0.455. The highest BCUT2D eigenvalue weighted by Crippen LogP contribution is 2.38. The molecule has 0 saturated carbocycles. The third-order valence-corrected chi connectivity index (χ3v) is 6.41. The molecule has 2 aromatic heterocycles.